The van der Waals surface area contributed by atoms with Crippen LogP contribution >= 0.6 is 0 Å². The smallest absolute Gasteiger partial charge is 0.0991 e. The molecular weight excluding hydrogens is 729 g/mol. The molecule has 1 spiro atoms. The molecule has 4 nitrogen and oxygen atoms in total. The Morgan fingerprint density at radius 1 is 0.550 bits per heavy atom. The first kappa shape index (κ1) is 35.1. The minimum absolute atomic E-state index is 0.624. The summed E-state index contributed by atoms with van der Waals surface area (Å²) < 4.78 is 0. The van der Waals surface area contributed by atoms with Gasteiger partial charge in [0.05, 0.1) is 28.4 Å². The number of para-hydroxylation sites is 3. The predicted molar refractivity (Wildman–Crippen MR) is 244 cm³/mol. The molecule has 0 amide bonds. The molecule has 4 aliphatic rings. The molecule has 1 heterocycles. The Morgan fingerprint density at radius 2 is 1.17 bits per heavy atom. The van der Waals surface area contributed by atoms with Gasteiger partial charge in [0, 0.05) is 51.5 Å². The second-order valence-electron chi connectivity index (χ2n) is 15.4. The van der Waals surface area contributed by atoms with Crippen LogP contribution in [0.1, 0.15) is 35.1 Å². The molecule has 3 aliphatic carbocycles. The lowest BCUT2D eigenvalue weighted by atomic mass is 9.63. The average Bonchev–Trinajstić information content (AvgIpc) is 3.61. The van der Waals surface area contributed by atoms with Crippen molar-refractivity contribution in [2.75, 3.05) is 14.7 Å². The van der Waals surface area contributed by atoms with Crippen molar-refractivity contribution in [1.29, 1.82) is 5.26 Å². The fraction of sp³-hybridized carbons (Fsp3) is 0.0536. The molecule has 0 saturated carbocycles. The maximum Gasteiger partial charge on any atom is 0.0991 e. The van der Waals surface area contributed by atoms with Crippen molar-refractivity contribution in [1.82, 2.24) is 0 Å². The van der Waals surface area contributed by atoms with E-state index >= 15 is 0 Å². The molecule has 0 saturated heterocycles. The van der Waals surface area contributed by atoms with E-state index in [0.717, 1.165) is 63.9 Å². The van der Waals surface area contributed by atoms with Gasteiger partial charge in [-0.05, 0) is 138 Å². The average molecular weight is 767 g/mol. The summed E-state index contributed by atoms with van der Waals surface area (Å²) in [5.74, 6) is 0. The van der Waals surface area contributed by atoms with Crippen molar-refractivity contribution in [3.05, 3.63) is 257 Å². The van der Waals surface area contributed by atoms with Crippen LogP contribution < -0.4 is 14.7 Å². The number of anilines is 7. The van der Waals surface area contributed by atoms with Crippen LogP contribution in [0, 0.1) is 11.3 Å². The number of fused-ring (bicyclic) bond motifs is 8. The molecular formula is C56H38N4. The second-order valence-corrected chi connectivity index (χ2v) is 15.4. The maximum absolute atomic E-state index is 9.68. The normalized spacial score (nSPS) is 16.4. The number of allylic oxidation sites excluding steroid dienone is 7. The van der Waals surface area contributed by atoms with Crippen LogP contribution in [0.4, 0.5) is 39.8 Å². The van der Waals surface area contributed by atoms with Crippen molar-refractivity contribution in [2.45, 2.75) is 18.3 Å². The number of nitriles is 1. The zero-order chi connectivity index (χ0) is 40.0. The quantitative estimate of drug-likeness (QED) is 0.151. The van der Waals surface area contributed by atoms with Gasteiger partial charge in [-0.3, -0.25) is 0 Å². The molecule has 0 fully saturated rings. The minimum atomic E-state index is -0.683. The molecule has 11 rings (SSSR count). The Labute approximate surface area is 350 Å². The fourth-order valence-electron chi connectivity index (χ4n) is 9.68. The van der Waals surface area contributed by atoms with E-state index in [1.807, 2.05) is 30.3 Å². The highest BCUT2D eigenvalue weighted by atomic mass is 15.2. The molecule has 7 aromatic carbocycles. The summed E-state index contributed by atoms with van der Waals surface area (Å²) in [6.45, 7) is 0. The van der Waals surface area contributed by atoms with Crippen molar-refractivity contribution in [3.63, 3.8) is 0 Å². The maximum atomic E-state index is 9.68. The van der Waals surface area contributed by atoms with Crippen molar-refractivity contribution in [2.24, 2.45) is 0 Å². The Balaban J connectivity index is 1.21. The zero-order valence-corrected chi connectivity index (χ0v) is 32.8. The van der Waals surface area contributed by atoms with Gasteiger partial charge in [0.25, 0.3) is 0 Å². The standard InChI is InChI=1S/C56H38N4/c57-39-40-29-31-45(32-30-40)59(43-21-9-3-10-22-43)47-34-36-52-55(38-47)60(44-23-11-4-12-24-44)54-28-16-15-27-51(54)56(52)50-26-14-13-25-48(50)49-35-33-46(37-53(49)56)58(41-17-5-1-6-18-41)42-19-7-2-8-20-42/h1-7,9-14,17-19,21-38H,8,20H2. The van der Waals surface area contributed by atoms with Crippen LogP contribution in [-0.4, -0.2) is 0 Å². The van der Waals surface area contributed by atoms with Crippen LogP contribution in [0.15, 0.2) is 235 Å². The predicted octanol–water partition coefficient (Wildman–Crippen LogP) is 14.0. The van der Waals surface area contributed by atoms with Crippen molar-refractivity contribution < 1.29 is 0 Å². The van der Waals surface area contributed by atoms with E-state index < -0.39 is 5.41 Å². The molecule has 1 atom stereocenters. The van der Waals surface area contributed by atoms with Crippen molar-refractivity contribution >= 4 is 39.8 Å². The van der Waals surface area contributed by atoms with Crippen LogP contribution in [0.5, 0.6) is 0 Å². The number of hydrogen-bond acceptors (Lipinski definition) is 4. The molecule has 4 heteroatoms. The SMILES string of the molecule is N#Cc1ccc(N(c2ccccc2)c2ccc3c(c2)N(c2ccccc2)C2=C(C=C=C=C2)C32c3ccccc3-c3ccc(N(C4=CC=CCC4)c4ccccc4)cc32)cc1. The van der Waals surface area contributed by atoms with Crippen LogP contribution in [0.2, 0.25) is 0 Å². The van der Waals surface area contributed by atoms with E-state index in [4.69, 9.17) is 0 Å². The fourth-order valence-corrected chi connectivity index (χ4v) is 9.68. The summed E-state index contributed by atoms with van der Waals surface area (Å²) >= 11 is 0. The lowest BCUT2D eigenvalue weighted by Gasteiger charge is -2.46. The summed E-state index contributed by atoms with van der Waals surface area (Å²) in [7, 11) is 0. The molecule has 7 aromatic rings. The van der Waals surface area contributed by atoms with Gasteiger partial charge in [-0.1, -0.05) is 115 Å². The lowest BCUT2D eigenvalue weighted by Crippen LogP contribution is -2.38. The topological polar surface area (TPSA) is 33.5 Å². The first-order valence-electron chi connectivity index (χ1n) is 20.5. The number of nitrogens with zero attached hydrogens (tertiary/aromatic N) is 4. The van der Waals surface area contributed by atoms with Crippen molar-refractivity contribution in [3.8, 4) is 17.2 Å². The summed E-state index contributed by atoms with van der Waals surface area (Å²) in [5.41, 5.74) is 23.7. The third-order valence-electron chi connectivity index (χ3n) is 12.2. The largest absolute Gasteiger partial charge is 0.314 e. The van der Waals surface area contributed by atoms with E-state index in [2.05, 4.69) is 208 Å². The highest BCUT2D eigenvalue weighted by molar-refractivity contribution is 5.95. The van der Waals surface area contributed by atoms with Crippen LogP contribution in [0.3, 0.4) is 0 Å². The lowest BCUT2D eigenvalue weighted by molar-refractivity contribution is 0.737. The van der Waals surface area contributed by atoms with Gasteiger partial charge in [-0.2, -0.15) is 5.26 Å². The summed E-state index contributed by atoms with van der Waals surface area (Å²) in [4.78, 5) is 7.10. The molecule has 1 aliphatic heterocycles. The second kappa shape index (κ2) is 14.4. The Bertz CT molecular complexity index is 3070. The summed E-state index contributed by atoms with van der Waals surface area (Å²) in [5, 5.41) is 9.68. The molecule has 60 heavy (non-hydrogen) atoms. The molecule has 0 aromatic heterocycles. The summed E-state index contributed by atoms with van der Waals surface area (Å²) in [6.07, 6.45) is 12.9. The molecule has 1 unspecified atom stereocenters. The van der Waals surface area contributed by atoms with Gasteiger partial charge in [0.15, 0.2) is 0 Å². The zero-order valence-electron chi connectivity index (χ0n) is 32.8. The molecule has 0 N–H and O–H groups in total. The first-order chi connectivity index (χ1) is 29.7. The van der Waals surface area contributed by atoms with Gasteiger partial charge >= 0.3 is 0 Å². The van der Waals surface area contributed by atoms with Gasteiger partial charge < -0.3 is 14.7 Å². The third-order valence-corrected chi connectivity index (χ3v) is 12.2. The van der Waals surface area contributed by atoms with E-state index in [9.17, 15) is 5.26 Å². The van der Waals surface area contributed by atoms with E-state index in [1.54, 1.807) is 0 Å². The van der Waals surface area contributed by atoms with Gasteiger partial charge in [-0.15, -0.1) is 0 Å². The van der Waals surface area contributed by atoms with Gasteiger partial charge in [0.2, 0.25) is 0 Å². The number of rotatable bonds is 7. The van der Waals surface area contributed by atoms with Crippen LogP contribution in [-0.2, 0) is 5.41 Å². The molecule has 0 bridgehead atoms. The minimum Gasteiger partial charge on any atom is -0.314 e. The first-order valence-corrected chi connectivity index (χ1v) is 20.5. The Hall–Kier alpha value is -8.05. The third kappa shape index (κ3) is 5.47. The monoisotopic (exact) mass is 766 g/mol. The van der Waals surface area contributed by atoms with Crippen LogP contribution in [0.25, 0.3) is 11.1 Å². The van der Waals surface area contributed by atoms with Gasteiger partial charge in [-0.25, -0.2) is 0 Å². The van der Waals surface area contributed by atoms with E-state index in [-0.39, 0.29) is 0 Å². The summed E-state index contributed by atoms with van der Waals surface area (Å²) in [6, 6.07) is 65.0. The Morgan fingerprint density at radius 3 is 1.90 bits per heavy atom. The van der Waals surface area contributed by atoms with E-state index in [1.165, 1.54) is 33.5 Å². The molecule has 0 radical (unpaired) electrons. The number of hydrogen-bond donors (Lipinski definition) is 0. The number of benzene rings is 7. The Kier molecular flexibility index (Phi) is 8.43. The molecule has 282 valence electrons. The van der Waals surface area contributed by atoms with Gasteiger partial charge in [0.1, 0.15) is 0 Å². The van der Waals surface area contributed by atoms with E-state index in [0.29, 0.717) is 5.56 Å². The highest BCUT2D eigenvalue weighted by Gasteiger charge is 2.52. The highest BCUT2D eigenvalue weighted by Crippen LogP contribution is 2.63.